The largest absolute Gasteiger partial charge is 0.379 e. The number of primary amides is 1. The molecule has 0 spiro atoms. The van der Waals surface area contributed by atoms with Gasteiger partial charge in [0.2, 0.25) is 10.0 Å². The first-order chi connectivity index (χ1) is 14.8. The van der Waals surface area contributed by atoms with Crippen LogP contribution in [0.4, 0.5) is 5.00 Å². The van der Waals surface area contributed by atoms with E-state index in [1.165, 1.54) is 39.9 Å². The maximum absolute atomic E-state index is 12.8. The van der Waals surface area contributed by atoms with E-state index in [1.54, 1.807) is 0 Å². The van der Waals surface area contributed by atoms with Gasteiger partial charge >= 0.3 is 0 Å². The van der Waals surface area contributed by atoms with Gasteiger partial charge in [-0.25, -0.2) is 8.42 Å². The molecule has 1 unspecified atom stereocenters. The molecule has 1 aliphatic heterocycles. The second-order valence-corrected chi connectivity index (χ2v) is 11.0. The lowest BCUT2D eigenvalue weighted by molar-refractivity contribution is 0.0730. The number of rotatable bonds is 5. The van der Waals surface area contributed by atoms with Gasteiger partial charge in [0.05, 0.1) is 23.7 Å². The minimum Gasteiger partial charge on any atom is -0.379 e. The van der Waals surface area contributed by atoms with Gasteiger partial charge in [-0.2, -0.15) is 4.31 Å². The first-order valence-electron chi connectivity index (χ1n) is 10.2. The average Bonchev–Trinajstić information content (AvgIpc) is 3.11. The van der Waals surface area contributed by atoms with E-state index < -0.39 is 21.8 Å². The Labute approximate surface area is 185 Å². The molecule has 31 heavy (non-hydrogen) atoms. The minimum absolute atomic E-state index is 0.129. The van der Waals surface area contributed by atoms with Gasteiger partial charge in [-0.05, 0) is 55.0 Å². The van der Waals surface area contributed by atoms with Crippen LogP contribution in [-0.4, -0.2) is 50.8 Å². The van der Waals surface area contributed by atoms with Crippen molar-refractivity contribution in [2.75, 3.05) is 31.6 Å². The molecule has 2 heterocycles. The van der Waals surface area contributed by atoms with Crippen molar-refractivity contribution >= 4 is 38.2 Å². The van der Waals surface area contributed by atoms with Crippen LogP contribution < -0.4 is 11.1 Å². The van der Waals surface area contributed by atoms with Crippen molar-refractivity contribution in [1.29, 1.82) is 0 Å². The van der Waals surface area contributed by atoms with E-state index in [9.17, 15) is 18.0 Å². The maximum atomic E-state index is 12.8. The summed E-state index contributed by atoms with van der Waals surface area (Å²) in [6.45, 7) is 3.51. The molecule has 0 saturated carbocycles. The number of nitrogens with zero attached hydrogens (tertiary/aromatic N) is 1. The van der Waals surface area contributed by atoms with E-state index in [0.29, 0.717) is 48.3 Å². The van der Waals surface area contributed by atoms with Crippen LogP contribution in [0.25, 0.3) is 0 Å². The second-order valence-electron chi connectivity index (χ2n) is 7.92. The highest BCUT2D eigenvalue weighted by atomic mass is 32.2. The molecule has 1 saturated heterocycles. The summed E-state index contributed by atoms with van der Waals surface area (Å²) in [5, 5.41) is 3.26. The third kappa shape index (κ3) is 4.38. The lowest BCUT2D eigenvalue weighted by Gasteiger charge is -2.26. The van der Waals surface area contributed by atoms with E-state index in [-0.39, 0.29) is 4.90 Å². The Morgan fingerprint density at radius 3 is 2.52 bits per heavy atom. The summed E-state index contributed by atoms with van der Waals surface area (Å²) in [7, 11) is -3.63. The Balaban J connectivity index is 1.54. The minimum atomic E-state index is -3.63. The number of morpholine rings is 1. The zero-order valence-electron chi connectivity index (χ0n) is 17.2. The van der Waals surface area contributed by atoms with E-state index >= 15 is 0 Å². The number of thiophene rings is 1. The predicted octanol–water partition coefficient (Wildman–Crippen LogP) is 2.25. The van der Waals surface area contributed by atoms with E-state index in [2.05, 4.69) is 12.2 Å². The SMILES string of the molecule is CC1CCc2c(sc(NC(=O)c3ccc(S(=O)(=O)N4CCOCC4)cc3)c2C(N)=O)C1. The molecule has 3 N–H and O–H groups in total. The van der Waals surface area contributed by atoms with Gasteiger partial charge in [-0.3, -0.25) is 9.59 Å². The molecule has 0 radical (unpaired) electrons. The number of nitrogens with one attached hydrogen (secondary N) is 1. The first kappa shape index (κ1) is 21.9. The summed E-state index contributed by atoms with van der Waals surface area (Å²) < 4.78 is 32.1. The maximum Gasteiger partial charge on any atom is 0.256 e. The number of hydrogen-bond acceptors (Lipinski definition) is 6. The Morgan fingerprint density at radius 2 is 1.87 bits per heavy atom. The number of ether oxygens (including phenoxy) is 1. The van der Waals surface area contributed by atoms with Crippen LogP contribution in [0.3, 0.4) is 0 Å². The summed E-state index contributed by atoms with van der Waals surface area (Å²) in [5.41, 5.74) is 7.25. The number of amides is 2. The molecule has 1 aromatic carbocycles. The van der Waals surface area contributed by atoms with Crippen molar-refractivity contribution in [3.63, 3.8) is 0 Å². The van der Waals surface area contributed by atoms with Crippen molar-refractivity contribution in [2.45, 2.75) is 31.1 Å². The lowest BCUT2D eigenvalue weighted by Crippen LogP contribution is -2.40. The second kappa shape index (κ2) is 8.70. The smallest absolute Gasteiger partial charge is 0.256 e. The van der Waals surface area contributed by atoms with Crippen LogP contribution in [0.5, 0.6) is 0 Å². The van der Waals surface area contributed by atoms with Crippen molar-refractivity contribution in [1.82, 2.24) is 4.31 Å². The topological polar surface area (TPSA) is 119 Å². The van der Waals surface area contributed by atoms with Gasteiger partial charge in [-0.15, -0.1) is 11.3 Å². The molecular weight excluding hydrogens is 438 g/mol. The summed E-state index contributed by atoms with van der Waals surface area (Å²) in [5.74, 6) is -0.435. The van der Waals surface area contributed by atoms with Crippen LogP contribution in [0.2, 0.25) is 0 Å². The summed E-state index contributed by atoms with van der Waals surface area (Å²) in [4.78, 5) is 26.1. The standard InChI is InChI=1S/C21H25N3O5S2/c1-13-2-7-16-17(12-13)30-21(18(16)19(22)25)23-20(26)14-3-5-15(6-4-14)31(27,28)24-8-10-29-11-9-24/h3-6,13H,2,7-12H2,1H3,(H2,22,25)(H,23,26). The zero-order valence-corrected chi connectivity index (χ0v) is 18.9. The fraction of sp³-hybridized carbons (Fsp3) is 0.429. The molecule has 1 atom stereocenters. The third-order valence-electron chi connectivity index (χ3n) is 5.71. The molecule has 4 rings (SSSR count). The first-order valence-corrected chi connectivity index (χ1v) is 12.5. The number of nitrogens with two attached hydrogens (primary N) is 1. The Hall–Kier alpha value is -2.27. The molecule has 8 nitrogen and oxygen atoms in total. The van der Waals surface area contributed by atoms with Gasteiger partial charge in [-0.1, -0.05) is 6.92 Å². The Bertz CT molecular complexity index is 1100. The molecule has 10 heteroatoms. The molecule has 1 aromatic heterocycles. The number of hydrogen-bond donors (Lipinski definition) is 2. The van der Waals surface area contributed by atoms with Gasteiger partial charge in [0, 0.05) is 23.5 Å². The van der Waals surface area contributed by atoms with Crippen LogP contribution in [-0.2, 0) is 27.6 Å². The number of carbonyl (C=O) groups excluding carboxylic acids is 2. The average molecular weight is 464 g/mol. The highest BCUT2D eigenvalue weighted by molar-refractivity contribution is 7.89. The highest BCUT2D eigenvalue weighted by Gasteiger charge is 2.28. The molecule has 2 aromatic rings. The monoisotopic (exact) mass is 463 g/mol. The fourth-order valence-corrected chi connectivity index (χ4v) is 6.81. The number of benzene rings is 1. The predicted molar refractivity (Wildman–Crippen MR) is 118 cm³/mol. The number of carbonyl (C=O) groups is 2. The Morgan fingerprint density at radius 1 is 1.19 bits per heavy atom. The van der Waals surface area contributed by atoms with Crippen LogP contribution >= 0.6 is 11.3 Å². The third-order valence-corrected chi connectivity index (χ3v) is 8.79. The quantitative estimate of drug-likeness (QED) is 0.705. The van der Waals surface area contributed by atoms with Crippen molar-refractivity contribution in [3.05, 3.63) is 45.8 Å². The zero-order chi connectivity index (χ0) is 22.2. The number of fused-ring (bicyclic) bond motifs is 1. The normalized spacial score (nSPS) is 19.6. The van der Waals surface area contributed by atoms with Gasteiger partial charge in [0.15, 0.2) is 0 Å². The van der Waals surface area contributed by atoms with Crippen LogP contribution in [0.1, 0.15) is 44.5 Å². The lowest BCUT2D eigenvalue weighted by atomic mass is 9.88. The van der Waals surface area contributed by atoms with Crippen molar-refractivity contribution in [3.8, 4) is 0 Å². The molecule has 1 aliphatic carbocycles. The number of anilines is 1. The summed E-state index contributed by atoms with van der Waals surface area (Å²) in [6, 6.07) is 5.80. The van der Waals surface area contributed by atoms with Gasteiger partial charge in [0.1, 0.15) is 5.00 Å². The summed E-state index contributed by atoms with van der Waals surface area (Å²) >= 11 is 1.40. The molecular formula is C21H25N3O5S2. The molecule has 166 valence electrons. The van der Waals surface area contributed by atoms with Crippen molar-refractivity contribution in [2.24, 2.45) is 11.7 Å². The molecule has 2 aliphatic rings. The van der Waals surface area contributed by atoms with Crippen LogP contribution in [0, 0.1) is 5.92 Å². The van der Waals surface area contributed by atoms with E-state index in [4.69, 9.17) is 10.5 Å². The number of sulfonamides is 1. The summed E-state index contributed by atoms with van der Waals surface area (Å²) in [6.07, 6.45) is 2.62. The fourth-order valence-electron chi connectivity index (χ4n) is 3.99. The van der Waals surface area contributed by atoms with E-state index in [1.807, 2.05) is 0 Å². The molecule has 2 amide bonds. The van der Waals surface area contributed by atoms with E-state index in [0.717, 1.165) is 29.7 Å². The Kier molecular flexibility index (Phi) is 6.16. The highest BCUT2D eigenvalue weighted by Crippen LogP contribution is 2.39. The van der Waals surface area contributed by atoms with Crippen LogP contribution in [0.15, 0.2) is 29.2 Å². The molecule has 0 bridgehead atoms. The van der Waals surface area contributed by atoms with Gasteiger partial charge < -0.3 is 15.8 Å². The molecule has 1 fully saturated rings. The van der Waals surface area contributed by atoms with Crippen molar-refractivity contribution < 1.29 is 22.7 Å². The van der Waals surface area contributed by atoms with Gasteiger partial charge in [0.25, 0.3) is 11.8 Å².